The Kier molecular flexibility index (Phi) is 6.71. The van der Waals surface area contributed by atoms with E-state index in [0.717, 1.165) is 36.2 Å². The van der Waals surface area contributed by atoms with Crippen LogP contribution in [-0.4, -0.2) is 52.6 Å². The van der Waals surface area contributed by atoms with Crippen molar-refractivity contribution in [2.24, 2.45) is 0 Å². The molecular formula is C26H26FN3O4S. The van der Waals surface area contributed by atoms with Crippen molar-refractivity contribution in [1.29, 1.82) is 0 Å². The summed E-state index contributed by atoms with van der Waals surface area (Å²) in [5, 5.41) is 2.17. The highest BCUT2D eigenvalue weighted by Crippen LogP contribution is 2.36. The van der Waals surface area contributed by atoms with E-state index in [2.05, 4.69) is 22.3 Å². The second-order valence-electron chi connectivity index (χ2n) is 9.22. The summed E-state index contributed by atoms with van der Waals surface area (Å²) in [4.78, 5) is 53.6. The molecule has 2 aromatic rings. The van der Waals surface area contributed by atoms with Gasteiger partial charge in [-0.25, -0.2) is 4.39 Å². The van der Waals surface area contributed by atoms with E-state index in [4.69, 9.17) is 0 Å². The lowest BCUT2D eigenvalue weighted by Crippen LogP contribution is -2.54. The fourth-order valence-electron chi connectivity index (χ4n) is 4.92. The average molecular weight is 496 g/mol. The summed E-state index contributed by atoms with van der Waals surface area (Å²) < 4.78 is 14.4. The smallest absolute Gasteiger partial charge is 0.263 e. The largest absolute Gasteiger partial charge is 0.299 e. The standard InChI is InChI=1S/C26H26FN3O4S/c27-18-12-19-23(26(34)30(25(19)33)20-8-9-22(31)28-24(20)32)21(13-18)35-15-17-6-4-16(5-7-17)14-29-10-2-1-3-11-29/h4-7,12-13,20H,1-3,8-11,14-15H2,(H,28,31,32). The van der Waals surface area contributed by atoms with Gasteiger partial charge in [0.05, 0.1) is 11.1 Å². The van der Waals surface area contributed by atoms with Crippen LogP contribution in [0.2, 0.25) is 0 Å². The highest BCUT2D eigenvalue weighted by Gasteiger charge is 2.46. The van der Waals surface area contributed by atoms with Crippen LogP contribution in [0.5, 0.6) is 0 Å². The summed E-state index contributed by atoms with van der Waals surface area (Å²) in [6, 6.07) is 9.49. The first-order chi connectivity index (χ1) is 16.9. The number of amides is 4. The first-order valence-corrected chi connectivity index (χ1v) is 12.9. The lowest BCUT2D eigenvalue weighted by molar-refractivity contribution is -0.136. The highest BCUT2D eigenvalue weighted by atomic mass is 32.2. The van der Waals surface area contributed by atoms with Crippen molar-refractivity contribution in [2.75, 3.05) is 13.1 Å². The van der Waals surface area contributed by atoms with Crippen LogP contribution in [-0.2, 0) is 21.9 Å². The Hall–Kier alpha value is -3.04. The number of piperidine rings is 2. The van der Waals surface area contributed by atoms with Crippen LogP contribution in [0.4, 0.5) is 4.39 Å². The van der Waals surface area contributed by atoms with E-state index in [-0.39, 0.29) is 24.0 Å². The Morgan fingerprint density at radius 3 is 2.37 bits per heavy atom. The van der Waals surface area contributed by atoms with Gasteiger partial charge in [-0.05, 0) is 55.6 Å². The monoisotopic (exact) mass is 495 g/mol. The van der Waals surface area contributed by atoms with E-state index in [1.807, 2.05) is 12.1 Å². The summed E-state index contributed by atoms with van der Waals surface area (Å²) >= 11 is 1.29. The summed E-state index contributed by atoms with van der Waals surface area (Å²) in [7, 11) is 0. The van der Waals surface area contributed by atoms with Crippen LogP contribution in [0.15, 0.2) is 41.3 Å². The molecule has 2 aromatic carbocycles. The van der Waals surface area contributed by atoms with Crippen LogP contribution in [0, 0.1) is 5.82 Å². The van der Waals surface area contributed by atoms with Crippen molar-refractivity contribution in [2.45, 2.75) is 55.3 Å². The number of likely N-dealkylation sites (tertiary alicyclic amines) is 1. The van der Waals surface area contributed by atoms with Gasteiger partial charge in [0.2, 0.25) is 11.8 Å². The predicted octanol–water partition coefficient (Wildman–Crippen LogP) is 3.51. The number of benzene rings is 2. The van der Waals surface area contributed by atoms with Crippen molar-refractivity contribution in [1.82, 2.24) is 15.1 Å². The third kappa shape index (κ3) is 4.88. The molecular weight excluding hydrogens is 469 g/mol. The molecule has 0 bridgehead atoms. The van der Waals surface area contributed by atoms with E-state index in [0.29, 0.717) is 10.6 Å². The maximum atomic E-state index is 14.4. The average Bonchev–Trinajstić information content (AvgIpc) is 3.09. The molecule has 1 unspecified atom stereocenters. The van der Waals surface area contributed by atoms with E-state index in [9.17, 15) is 23.6 Å². The minimum absolute atomic E-state index is 0.0353. The number of imide groups is 2. The molecule has 0 aromatic heterocycles. The van der Waals surface area contributed by atoms with Gasteiger partial charge in [-0.2, -0.15) is 0 Å². The highest BCUT2D eigenvalue weighted by molar-refractivity contribution is 7.98. The van der Waals surface area contributed by atoms with Gasteiger partial charge in [0, 0.05) is 23.6 Å². The molecule has 1 N–H and O–H groups in total. The quantitative estimate of drug-likeness (QED) is 0.488. The molecule has 7 nitrogen and oxygen atoms in total. The number of nitrogens with zero attached hydrogens (tertiary/aromatic N) is 2. The summed E-state index contributed by atoms with van der Waals surface area (Å²) in [5.41, 5.74) is 2.34. The maximum absolute atomic E-state index is 14.4. The molecule has 182 valence electrons. The molecule has 35 heavy (non-hydrogen) atoms. The van der Waals surface area contributed by atoms with Gasteiger partial charge in [0.1, 0.15) is 11.9 Å². The van der Waals surface area contributed by atoms with Crippen molar-refractivity contribution in [3.05, 3.63) is 64.5 Å². The van der Waals surface area contributed by atoms with Crippen molar-refractivity contribution in [3.8, 4) is 0 Å². The van der Waals surface area contributed by atoms with Crippen LogP contribution in [0.1, 0.15) is 63.9 Å². The van der Waals surface area contributed by atoms with Gasteiger partial charge in [-0.3, -0.25) is 34.3 Å². The SMILES string of the molecule is O=C1CCC(N2C(=O)c3cc(F)cc(SCc4ccc(CN5CCCCC5)cc4)c3C2=O)C(=O)N1. The van der Waals surface area contributed by atoms with Crippen LogP contribution < -0.4 is 5.32 Å². The van der Waals surface area contributed by atoms with Crippen LogP contribution in [0.25, 0.3) is 0 Å². The molecule has 0 aliphatic carbocycles. The second kappa shape index (κ2) is 9.91. The zero-order valence-corrected chi connectivity index (χ0v) is 20.0. The minimum atomic E-state index is -1.08. The van der Waals surface area contributed by atoms with Crippen LogP contribution >= 0.6 is 11.8 Å². The minimum Gasteiger partial charge on any atom is -0.299 e. The molecule has 1 atom stereocenters. The van der Waals surface area contributed by atoms with Crippen LogP contribution in [0.3, 0.4) is 0 Å². The Morgan fingerprint density at radius 2 is 1.66 bits per heavy atom. The maximum Gasteiger partial charge on any atom is 0.263 e. The number of fused-ring (bicyclic) bond motifs is 1. The molecule has 3 aliphatic heterocycles. The Balaban J connectivity index is 1.30. The number of thioether (sulfide) groups is 1. The predicted molar refractivity (Wildman–Crippen MR) is 128 cm³/mol. The number of hydrogen-bond acceptors (Lipinski definition) is 6. The molecule has 3 heterocycles. The normalized spacial score (nSPS) is 20.8. The van der Waals surface area contributed by atoms with Gasteiger partial charge >= 0.3 is 0 Å². The molecule has 0 radical (unpaired) electrons. The molecule has 2 fully saturated rings. The van der Waals surface area contributed by atoms with Gasteiger partial charge < -0.3 is 0 Å². The third-order valence-electron chi connectivity index (χ3n) is 6.74. The number of halogens is 1. The summed E-state index contributed by atoms with van der Waals surface area (Å²) in [6.45, 7) is 3.19. The Labute approximate surface area is 207 Å². The lowest BCUT2D eigenvalue weighted by Gasteiger charge is -2.27. The number of hydrogen-bond donors (Lipinski definition) is 1. The number of carbonyl (C=O) groups excluding carboxylic acids is 4. The molecule has 3 aliphatic rings. The molecule has 4 amide bonds. The summed E-state index contributed by atoms with van der Waals surface area (Å²) in [5.74, 6) is -2.57. The fourth-order valence-corrected chi connectivity index (χ4v) is 5.97. The molecule has 0 saturated carbocycles. The molecule has 9 heteroatoms. The Morgan fingerprint density at radius 1 is 0.943 bits per heavy atom. The van der Waals surface area contributed by atoms with Crippen molar-refractivity contribution >= 4 is 35.4 Å². The summed E-state index contributed by atoms with van der Waals surface area (Å²) in [6.07, 6.45) is 3.89. The first kappa shape index (κ1) is 23.7. The van der Waals surface area contributed by atoms with E-state index < -0.39 is 35.5 Å². The molecule has 5 rings (SSSR count). The number of nitrogens with one attached hydrogen (secondary N) is 1. The van der Waals surface area contributed by atoms with Gasteiger partial charge in [0.25, 0.3) is 11.8 Å². The van der Waals surface area contributed by atoms with E-state index >= 15 is 0 Å². The van der Waals surface area contributed by atoms with Crippen molar-refractivity contribution in [3.63, 3.8) is 0 Å². The zero-order chi connectivity index (χ0) is 24.5. The molecule has 0 spiro atoms. The lowest BCUT2D eigenvalue weighted by atomic mass is 10.0. The topological polar surface area (TPSA) is 86.8 Å². The number of carbonyl (C=O) groups is 4. The Bertz CT molecular complexity index is 1190. The first-order valence-electron chi connectivity index (χ1n) is 11.9. The zero-order valence-electron chi connectivity index (χ0n) is 19.2. The second-order valence-corrected chi connectivity index (χ2v) is 10.2. The van der Waals surface area contributed by atoms with E-state index in [1.165, 1.54) is 42.7 Å². The van der Waals surface area contributed by atoms with E-state index in [1.54, 1.807) is 0 Å². The van der Waals surface area contributed by atoms with Gasteiger partial charge in [-0.15, -0.1) is 11.8 Å². The fraction of sp³-hybridized carbons (Fsp3) is 0.385. The van der Waals surface area contributed by atoms with Gasteiger partial charge in [-0.1, -0.05) is 30.7 Å². The third-order valence-corrected chi connectivity index (χ3v) is 7.85. The number of rotatable bonds is 6. The molecule has 2 saturated heterocycles. The van der Waals surface area contributed by atoms with Crippen molar-refractivity contribution < 1.29 is 23.6 Å². The van der Waals surface area contributed by atoms with Gasteiger partial charge in [0.15, 0.2) is 0 Å².